The van der Waals surface area contributed by atoms with Crippen molar-refractivity contribution in [3.05, 3.63) is 0 Å². The molecule has 0 heterocycles. The molecule has 0 radical (unpaired) electrons. The molecule has 0 aromatic heterocycles. The molecule has 1 saturated carbocycles. The lowest BCUT2D eigenvalue weighted by molar-refractivity contribution is 0.184. The summed E-state index contributed by atoms with van der Waals surface area (Å²) >= 11 is 0. The van der Waals surface area contributed by atoms with Crippen LogP contribution in [0.25, 0.3) is 0 Å². The molecule has 0 unspecified atom stereocenters. The number of nitrogens with zero attached hydrogens (tertiary/aromatic N) is 2. The molecule has 0 aromatic rings. The molecule has 0 aromatic carbocycles. The Morgan fingerprint density at radius 3 is 2.44 bits per heavy atom. The molecule has 1 rings (SSSR count). The first-order chi connectivity index (χ1) is 7.55. The third-order valence-corrected chi connectivity index (χ3v) is 3.81. The molecule has 92 valence electrons. The Morgan fingerprint density at radius 2 is 1.88 bits per heavy atom. The highest BCUT2D eigenvalue weighted by Gasteiger charge is 2.20. The first kappa shape index (κ1) is 13.5. The molecule has 2 heteroatoms. The highest BCUT2D eigenvalue weighted by atomic mass is 15.1. The van der Waals surface area contributed by atoms with E-state index in [0.29, 0.717) is 0 Å². The first-order valence-corrected chi connectivity index (χ1v) is 6.67. The molecule has 0 spiro atoms. The lowest BCUT2D eigenvalue weighted by atomic mass is 9.89. The van der Waals surface area contributed by atoms with E-state index in [0.717, 1.165) is 25.4 Å². The highest BCUT2D eigenvalue weighted by molar-refractivity contribution is 4.91. The van der Waals surface area contributed by atoms with Crippen molar-refractivity contribution >= 4 is 0 Å². The van der Waals surface area contributed by atoms with Crippen LogP contribution in [0.4, 0.5) is 0 Å². The molecular formula is C14H26N2. The maximum Gasteiger partial charge on any atom is 0.0683 e. The molecule has 0 bridgehead atoms. The van der Waals surface area contributed by atoms with Gasteiger partial charge in [-0.3, -0.25) is 0 Å². The van der Waals surface area contributed by atoms with E-state index in [-0.39, 0.29) is 5.41 Å². The normalized spacial score (nSPS) is 18.7. The van der Waals surface area contributed by atoms with E-state index in [4.69, 9.17) is 5.26 Å². The second-order valence-electron chi connectivity index (χ2n) is 5.87. The van der Waals surface area contributed by atoms with Crippen molar-refractivity contribution in [3.63, 3.8) is 0 Å². The van der Waals surface area contributed by atoms with Gasteiger partial charge in [0, 0.05) is 6.04 Å². The van der Waals surface area contributed by atoms with Crippen molar-refractivity contribution in [1.29, 1.82) is 5.26 Å². The van der Waals surface area contributed by atoms with Crippen LogP contribution in [0.5, 0.6) is 0 Å². The summed E-state index contributed by atoms with van der Waals surface area (Å²) in [5.74, 6) is 0. The van der Waals surface area contributed by atoms with Crippen LogP contribution in [0, 0.1) is 16.7 Å². The first-order valence-electron chi connectivity index (χ1n) is 6.67. The van der Waals surface area contributed by atoms with E-state index in [2.05, 4.69) is 18.0 Å². The van der Waals surface area contributed by atoms with Gasteiger partial charge in [0.05, 0.1) is 11.5 Å². The summed E-state index contributed by atoms with van der Waals surface area (Å²) in [6, 6.07) is 3.18. The van der Waals surface area contributed by atoms with E-state index in [9.17, 15) is 0 Å². The molecule has 1 aliphatic rings. The van der Waals surface area contributed by atoms with Crippen molar-refractivity contribution in [3.8, 4) is 6.07 Å². The van der Waals surface area contributed by atoms with Gasteiger partial charge in [-0.1, -0.05) is 19.3 Å². The van der Waals surface area contributed by atoms with Gasteiger partial charge in [-0.2, -0.15) is 5.26 Å². The third-order valence-electron chi connectivity index (χ3n) is 3.81. The summed E-state index contributed by atoms with van der Waals surface area (Å²) in [5, 5.41) is 8.94. The summed E-state index contributed by atoms with van der Waals surface area (Å²) < 4.78 is 0. The smallest absolute Gasteiger partial charge is 0.0683 e. The summed E-state index contributed by atoms with van der Waals surface area (Å²) in [4.78, 5) is 2.51. The minimum atomic E-state index is -0.145. The molecule has 1 fully saturated rings. The van der Waals surface area contributed by atoms with Crippen LogP contribution in [0.3, 0.4) is 0 Å². The van der Waals surface area contributed by atoms with Crippen LogP contribution in [-0.2, 0) is 0 Å². The summed E-state index contributed by atoms with van der Waals surface area (Å²) in [5.41, 5.74) is -0.145. The van der Waals surface area contributed by atoms with Gasteiger partial charge >= 0.3 is 0 Å². The Balaban J connectivity index is 2.19. The molecular weight excluding hydrogens is 196 g/mol. The summed E-state index contributed by atoms with van der Waals surface area (Å²) in [7, 11) is 2.25. The van der Waals surface area contributed by atoms with Crippen molar-refractivity contribution < 1.29 is 0 Å². The van der Waals surface area contributed by atoms with Crippen molar-refractivity contribution in [2.24, 2.45) is 5.41 Å². The molecule has 0 aliphatic heterocycles. The van der Waals surface area contributed by atoms with Crippen LogP contribution in [0.2, 0.25) is 0 Å². The lowest BCUT2D eigenvalue weighted by Crippen LogP contribution is -2.34. The van der Waals surface area contributed by atoms with E-state index in [1.807, 2.05) is 13.8 Å². The van der Waals surface area contributed by atoms with E-state index in [1.165, 1.54) is 32.1 Å². The van der Waals surface area contributed by atoms with Gasteiger partial charge in [-0.25, -0.2) is 0 Å². The third kappa shape index (κ3) is 4.53. The highest BCUT2D eigenvalue weighted by Crippen LogP contribution is 2.24. The zero-order valence-electron chi connectivity index (χ0n) is 11.1. The number of hydrogen-bond donors (Lipinski definition) is 0. The molecule has 1 aliphatic carbocycles. The topological polar surface area (TPSA) is 27.0 Å². The quantitative estimate of drug-likeness (QED) is 0.711. The van der Waals surface area contributed by atoms with Crippen LogP contribution in [-0.4, -0.2) is 24.5 Å². The minimum Gasteiger partial charge on any atom is -0.303 e. The SMILES string of the molecule is CN(CCCC(C)(C)C#N)C1CCCCC1. The fourth-order valence-electron chi connectivity index (χ4n) is 2.53. The van der Waals surface area contributed by atoms with E-state index in [1.54, 1.807) is 0 Å². The Bertz CT molecular complexity index is 234. The van der Waals surface area contributed by atoms with Crippen LogP contribution in [0.15, 0.2) is 0 Å². The van der Waals surface area contributed by atoms with Crippen molar-refractivity contribution in [2.45, 2.75) is 64.8 Å². The fourth-order valence-corrected chi connectivity index (χ4v) is 2.53. The maximum atomic E-state index is 8.94. The van der Waals surface area contributed by atoms with E-state index < -0.39 is 0 Å². The second-order valence-corrected chi connectivity index (χ2v) is 5.87. The zero-order valence-corrected chi connectivity index (χ0v) is 11.1. The predicted molar refractivity (Wildman–Crippen MR) is 68.1 cm³/mol. The Morgan fingerprint density at radius 1 is 1.25 bits per heavy atom. The summed E-state index contributed by atoms with van der Waals surface area (Å²) in [6.45, 7) is 5.22. The molecule has 16 heavy (non-hydrogen) atoms. The van der Waals surface area contributed by atoms with Crippen LogP contribution >= 0.6 is 0 Å². The van der Waals surface area contributed by atoms with Crippen molar-refractivity contribution in [2.75, 3.05) is 13.6 Å². The van der Waals surface area contributed by atoms with Gasteiger partial charge < -0.3 is 4.90 Å². The number of hydrogen-bond acceptors (Lipinski definition) is 2. The number of nitriles is 1. The van der Waals surface area contributed by atoms with Gasteiger partial charge in [0.15, 0.2) is 0 Å². The molecule has 0 N–H and O–H groups in total. The van der Waals surface area contributed by atoms with Gasteiger partial charge in [0.25, 0.3) is 0 Å². The van der Waals surface area contributed by atoms with Gasteiger partial charge in [-0.15, -0.1) is 0 Å². The monoisotopic (exact) mass is 222 g/mol. The number of rotatable bonds is 5. The Hall–Kier alpha value is -0.550. The summed E-state index contributed by atoms with van der Waals surface area (Å²) in [6.07, 6.45) is 9.13. The van der Waals surface area contributed by atoms with Gasteiger partial charge in [-0.05, 0) is 53.1 Å². The van der Waals surface area contributed by atoms with Gasteiger partial charge in [0.2, 0.25) is 0 Å². The minimum absolute atomic E-state index is 0.145. The fraction of sp³-hybridized carbons (Fsp3) is 0.929. The second kappa shape index (κ2) is 6.25. The maximum absolute atomic E-state index is 8.94. The average Bonchev–Trinajstić information content (AvgIpc) is 2.30. The largest absolute Gasteiger partial charge is 0.303 e. The van der Waals surface area contributed by atoms with Crippen LogP contribution < -0.4 is 0 Å². The van der Waals surface area contributed by atoms with Gasteiger partial charge in [0.1, 0.15) is 0 Å². The van der Waals surface area contributed by atoms with E-state index >= 15 is 0 Å². The molecule has 0 atom stereocenters. The molecule has 0 saturated heterocycles. The van der Waals surface area contributed by atoms with Crippen molar-refractivity contribution in [1.82, 2.24) is 4.90 Å². The average molecular weight is 222 g/mol. The lowest BCUT2D eigenvalue weighted by Gasteiger charge is -2.31. The molecule has 0 amide bonds. The zero-order chi connectivity index (χ0) is 12.0. The molecule has 2 nitrogen and oxygen atoms in total. The Labute approximate surface area is 101 Å². The van der Waals surface area contributed by atoms with Crippen LogP contribution in [0.1, 0.15) is 58.8 Å². The Kier molecular flexibility index (Phi) is 5.28. The predicted octanol–water partition coefficient (Wildman–Crippen LogP) is 3.58. The standard InChI is InChI=1S/C14H26N2/c1-14(2,12-15)10-7-11-16(3)13-8-5-4-6-9-13/h13H,4-11H2,1-3H3.